The third-order valence-electron chi connectivity index (χ3n) is 1.23. The van der Waals surface area contributed by atoms with Crippen LogP contribution in [0.25, 0.3) is 0 Å². The minimum Gasteiger partial charge on any atom is -0.368 e. The van der Waals surface area contributed by atoms with Crippen LogP contribution in [0.15, 0.2) is 6.07 Å². The van der Waals surface area contributed by atoms with Crippen molar-refractivity contribution in [3.05, 3.63) is 17.0 Å². The van der Waals surface area contributed by atoms with Gasteiger partial charge in [0.05, 0.1) is 0 Å². The fourth-order valence-electron chi connectivity index (χ4n) is 0.837. The topological polar surface area (TPSA) is 61.6 Å². The maximum atomic E-state index is 8.56. The smallest absolute Gasteiger partial charge is 0.235 e. The summed E-state index contributed by atoms with van der Waals surface area (Å²) in [7, 11) is 0. The first-order valence-electron chi connectivity index (χ1n) is 3.83. The van der Waals surface area contributed by atoms with E-state index in [1.807, 2.05) is 19.9 Å². The third kappa shape index (κ3) is 2.88. The normalized spacial score (nSPS) is 9.77. The summed E-state index contributed by atoms with van der Waals surface area (Å²) in [6.45, 7) is 3.95. The van der Waals surface area contributed by atoms with Gasteiger partial charge in [-0.1, -0.05) is 11.6 Å². The monoisotopic (exact) mass is 196 g/mol. The minimum absolute atomic E-state index is 0.0793. The van der Waals surface area contributed by atoms with Gasteiger partial charge in [-0.15, -0.1) is 0 Å². The highest BCUT2D eigenvalue weighted by molar-refractivity contribution is 6.29. The van der Waals surface area contributed by atoms with E-state index < -0.39 is 0 Å². The SMILES string of the molecule is CC(C)Nc1cc(Cl)nc(C#N)n1. The molecule has 0 amide bonds. The number of hydrogen-bond acceptors (Lipinski definition) is 4. The Hall–Kier alpha value is -1.34. The van der Waals surface area contributed by atoms with Crippen molar-refractivity contribution in [2.24, 2.45) is 0 Å². The van der Waals surface area contributed by atoms with Crippen LogP contribution in [0.4, 0.5) is 5.82 Å². The van der Waals surface area contributed by atoms with Gasteiger partial charge >= 0.3 is 0 Å². The van der Waals surface area contributed by atoms with Gasteiger partial charge in [0, 0.05) is 12.1 Å². The standard InChI is InChI=1S/C8H9ClN4/c1-5(2)11-7-3-6(9)12-8(4-10)13-7/h3,5H,1-2H3,(H,11,12,13). The maximum Gasteiger partial charge on any atom is 0.235 e. The van der Waals surface area contributed by atoms with Crippen LogP contribution in [-0.4, -0.2) is 16.0 Å². The predicted octanol–water partition coefficient (Wildman–Crippen LogP) is 1.82. The minimum atomic E-state index is 0.0793. The second-order valence-corrected chi connectivity index (χ2v) is 3.20. The maximum absolute atomic E-state index is 8.56. The molecule has 5 heteroatoms. The summed E-state index contributed by atoms with van der Waals surface area (Å²) in [6.07, 6.45) is 0. The highest BCUT2D eigenvalue weighted by Gasteiger charge is 2.02. The van der Waals surface area contributed by atoms with Crippen molar-refractivity contribution in [2.45, 2.75) is 19.9 Å². The van der Waals surface area contributed by atoms with E-state index in [0.717, 1.165) is 0 Å². The molecule has 1 N–H and O–H groups in total. The molecule has 4 nitrogen and oxygen atoms in total. The molecule has 0 aromatic carbocycles. The number of rotatable bonds is 2. The van der Waals surface area contributed by atoms with E-state index in [-0.39, 0.29) is 17.0 Å². The molecule has 1 aromatic rings. The van der Waals surface area contributed by atoms with E-state index in [4.69, 9.17) is 16.9 Å². The predicted molar refractivity (Wildman–Crippen MR) is 50.5 cm³/mol. The Labute approximate surface area is 81.6 Å². The first-order chi connectivity index (χ1) is 6.11. The van der Waals surface area contributed by atoms with Crippen molar-refractivity contribution in [3.63, 3.8) is 0 Å². The number of hydrogen-bond donors (Lipinski definition) is 1. The van der Waals surface area contributed by atoms with Crippen LogP contribution in [-0.2, 0) is 0 Å². The lowest BCUT2D eigenvalue weighted by Crippen LogP contribution is -2.11. The number of nitriles is 1. The lowest BCUT2D eigenvalue weighted by Gasteiger charge is -2.08. The van der Waals surface area contributed by atoms with Crippen LogP contribution in [0.1, 0.15) is 19.7 Å². The molecule has 13 heavy (non-hydrogen) atoms. The number of nitrogens with one attached hydrogen (secondary N) is 1. The summed E-state index contributed by atoms with van der Waals surface area (Å²) in [5.41, 5.74) is 0. The molecule has 0 radical (unpaired) electrons. The first kappa shape index (κ1) is 9.75. The summed E-state index contributed by atoms with van der Waals surface area (Å²) in [6, 6.07) is 3.67. The number of halogens is 1. The summed E-state index contributed by atoms with van der Waals surface area (Å²) in [4.78, 5) is 7.64. The molecule has 0 spiro atoms. The van der Waals surface area contributed by atoms with Crippen LogP contribution in [0.2, 0.25) is 5.15 Å². The van der Waals surface area contributed by atoms with Gasteiger partial charge in [0.1, 0.15) is 17.0 Å². The van der Waals surface area contributed by atoms with Crippen LogP contribution in [0, 0.1) is 11.3 Å². The Bertz CT molecular complexity index is 342. The van der Waals surface area contributed by atoms with Gasteiger partial charge in [0.2, 0.25) is 5.82 Å². The lowest BCUT2D eigenvalue weighted by atomic mass is 10.4. The second-order valence-electron chi connectivity index (χ2n) is 2.81. The molecule has 0 unspecified atom stereocenters. The molecule has 1 aromatic heterocycles. The van der Waals surface area contributed by atoms with Crippen LogP contribution in [0.3, 0.4) is 0 Å². The number of nitrogens with zero attached hydrogens (tertiary/aromatic N) is 3. The van der Waals surface area contributed by atoms with Crippen LogP contribution >= 0.6 is 11.6 Å². The summed E-state index contributed by atoms with van der Waals surface area (Å²) >= 11 is 5.67. The van der Waals surface area contributed by atoms with Crippen molar-refractivity contribution in [1.29, 1.82) is 5.26 Å². The quantitative estimate of drug-likeness (QED) is 0.733. The van der Waals surface area contributed by atoms with E-state index in [2.05, 4.69) is 15.3 Å². The van der Waals surface area contributed by atoms with Gasteiger partial charge in [0.15, 0.2) is 0 Å². The van der Waals surface area contributed by atoms with Crippen LogP contribution in [0.5, 0.6) is 0 Å². The molecule has 1 heterocycles. The average molecular weight is 197 g/mol. The molecule has 0 aliphatic rings. The van der Waals surface area contributed by atoms with Gasteiger partial charge in [-0.05, 0) is 13.8 Å². The molecular weight excluding hydrogens is 188 g/mol. The van der Waals surface area contributed by atoms with Crippen molar-refractivity contribution in [2.75, 3.05) is 5.32 Å². The Morgan fingerprint density at radius 1 is 1.54 bits per heavy atom. The summed E-state index contributed by atoms with van der Waals surface area (Å²) in [5.74, 6) is 0.655. The van der Waals surface area contributed by atoms with E-state index in [1.165, 1.54) is 0 Å². The van der Waals surface area contributed by atoms with Crippen molar-refractivity contribution >= 4 is 17.4 Å². The Morgan fingerprint density at radius 2 is 2.23 bits per heavy atom. The molecule has 0 fully saturated rings. The molecule has 0 saturated carbocycles. The van der Waals surface area contributed by atoms with E-state index in [0.29, 0.717) is 5.82 Å². The Balaban J connectivity index is 2.96. The zero-order valence-electron chi connectivity index (χ0n) is 7.37. The summed E-state index contributed by atoms with van der Waals surface area (Å²) in [5, 5.41) is 11.9. The van der Waals surface area contributed by atoms with Crippen LogP contribution < -0.4 is 5.32 Å². The third-order valence-corrected chi connectivity index (χ3v) is 1.43. The van der Waals surface area contributed by atoms with E-state index in [1.54, 1.807) is 6.07 Å². The zero-order chi connectivity index (χ0) is 9.84. The lowest BCUT2D eigenvalue weighted by molar-refractivity contribution is 0.884. The largest absolute Gasteiger partial charge is 0.368 e. The highest BCUT2D eigenvalue weighted by atomic mass is 35.5. The van der Waals surface area contributed by atoms with Crippen molar-refractivity contribution in [1.82, 2.24) is 9.97 Å². The first-order valence-corrected chi connectivity index (χ1v) is 4.21. The average Bonchev–Trinajstić information content (AvgIpc) is 2.01. The van der Waals surface area contributed by atoms with Gasteiger partial charge in [0.25, 0.3) is 0 Å². The molecule has 0 aliphatic heterocycles. The molecule has 0 atom stereocenters. The van der Waals surface area contributed by atoms with Gasteiger partial charge in [-0.3, -0.25) is 0 Å². The fourth-order valence-corrected chi connectivity index (χ4v) is 1.02. The second kappa shape index (κ2) is 4.06. The molecule has 0 bridgehead atoms. The molecular formula is C8H9ClN4. The number of aromatic nitrogens is 2. The van der Waals surface area contributed by atoms with E-state index >= 15 is 0 Å². The zero-order valence-corrected chi connectivity index (χ0v) is 8.13. The Kier molecular flexibility index (Phi) is 3.04. The molecule has 1 rings (SSSR count). The molecule has 0 saturated heterocycles. The van der Waals surface area contributed by atoms with Gasteiger partial charge in [-0.2, -0.15) is 5.26 Å². The fraction of sp³-hybridized carbons (Fsp3) is 0.375. The number of anilines is 1. The van der Waals surface area contributed by atoms with E-state index in [9.17, 15) is 0 Å². The Morgan fingerprint density at radius 3 is 2.77 bits per heavy atom. The van der Waals surface area contributed by atoms with Gasteiger partial charge in [-0.25, -0.2) is 9.97 Å². The van der Waals surface area contributed by atoms with Crippen molar-refractivity contribution in [3.8, 4) is 6.07 Å². The molecule has 68 valence electrons. The highest BCUT2D eigenvalue weighted by Crippen LogP contribution is 2.11. The van der Waals surface area contributed by atoms with Gasteiger partial charge < -0.3 is 5.32 Å². The molecule has 0 aliphatic carbocycles. The summed E-state index contributed by atoms with van der Waals surface area (Å²) < 4.78 is 0. The van der Waals surface area contributed by atoms with Crippen molar-refractivity contribution < 1.29 is 0 Å².